The van der Waals surface area contributed by atoms with Gasteiger partial charge in [-0.1, -0.05) is 202 Å². The summed E-state index contributed by atoms with van der Waals surface area (Å²) >= 11 is 0. The van der Waals surface area contributed by atoms with Gasteiger partial charge in [0.05, 0.1) is 5.41 Å². The molecule has 3 aliphatic rings. The maximum Gasteiger partial charge on any atom is 0.0725 e. The third-order valence-electron chi connectivity index (χ3n) is 14.7. The minimum atomic E-state index is -0.366. The molecule has 0 N–H and O–H groups in total. The smallest absolute Gasteiger partial charge is 0.0725 e. The molecule has 0 aliphatic heterocycles. The number of nitrogens with zero attached hydrogens (tertiary/aromatic N) is 1. The Morgan fingerprint density at radius 3 is 1.20 bits per heavy atom. The Kier molecular flexibility index (Phi) is 8.24. The van der Waals surface area contributed by atoms with E-state index in [1.807, 2.05) is 0 Å². The highest BCUT2D eigenvalue weighted by Gasteiger charge is 2.51. The number of hydrogen-bond acceptors (Lipinski definition) is 1. The van der Waals surface area contributed by atoms with Crippen molar-refractivity contribution in [2.24, 2.45) is 0 Å². The van der Waals surface area contributed by atoms with Gasteiger partial charge in [-0.2, -0.15) is 0 Å². The van der Waals surface area contributed by atoms with Crippen molar-refractivity contribution in [3.05, 3.63) is 270 Å². The topological polar surface area (TPSA) is 3.24 Å². The molecular formula is C64H45N. The van der Waals surface area contributed by atoms with Crippen LogP contribution in [0.25, 0.3) is 66.8 Å². The third-order valence-corrected chi connectivity index (χ3v) is 14.7. The predicted molar refractivity (Wildman–Crippen MR) is 271 cm³/mol. The van der Waals surface area contributed by atoms with Crippen molar-refractivity contribution in [1.82, 2.24) is 0 Å². The summed E-state index contributed by atoms with van der Waals surface area (Å²) in [6, 6.07) is 88.1. The molecule has 0 unspecified atom stereocenters. The second kappa shape index (κ2) is 14.3. The molecule has 0 atom stereocenters. The van der Waals surface area contributed by atoms with Crippen LogP contribution in [0.2, 0.25) is 0 Å². The second-order valence-electron chi connectivity index (χ2n) is 18.4. The van der Waals surface area contributed by atoms with E-state index in [1.54, 1.807) is 0 Å². The molecule has 0 aromatic heterocycles. The number of fused-ring (bicyclic) bond motifs is 13. The van der Waals surface area contributed by atoms with Gasteiger partial charge in [0.2, 0.25) is 0 Å². The standard InChI is InChI=1S/C64H45N/c1-63(2)57-23-10-6-19-51(57)55-38-36-50(41-61(55)63)65(48-32-27-43(28-33-48)42-15-4-3-5-16-42)49-34-29-44(30-35-49)45-17-14-18-46(39-45)47-31-37-56-54-22-9-13-26-60(54)64(62(56)40-47)58-24-11-7-20-52(58)53-21-8-12-25-59(53)64/h3-41H,1-2H3. The van der Waals surface area contributed by atoms with E-state index >= 15 is 0 Å². The molecular weight excluding hydrogens is 783 g/mol. The van der Waals surface area contributed by atoms with Crippen molar-refractivity contribution < 1.29 is 0 Å². The van der Waals surface area contributed by atoms with Crippen LogP contribution in [-0.4, -0.2) is 0 Å². The van der Waals surface area contributed by atoms with Crippen LogP contribution >= 0.6 is 0 Å². The van der Waals surface area contributed by atoms with E-state index in [-0.39, 0.29) is 10.8 Å². The van der Waals surface area contributed by atoms with Gasteiger partial charge in [-0.3, -0.25) is 0 Å². The lowest BCUT2D eigenvalue weighted by Crippen LogP contribution is -2.25. The Bertz CT molecular complexity index is 3440. The molecule has 13 rings (SSSR count). The molecule has 1 heteroatoms. The highest BCUT2D eigenvalue weighted by Crippen LogP contribution is 2.63. The summed E-state index contributed by atoms with van der Waals surface area (Å²) in [5, 5.41) is 0. The van der Waals surface area contributed by atoms with E-state index in [9.17, 15) is 0 Å². The molecule has 306 valence electrons. The van der Waals surface area contributed by atoms with Crippen LogP contribution in [0.5, 0.6) is 0 Å². The summed E-state index contributed by atoms with van der Waals surface area (Å²) in [6.45, 7) is 4.71. The average molecular weight is 828 g/mol. The fourth-order valence-corrected chi connectivity index (χ4v) is 11.7. The molecule has 3 aliphatic carbocycles. The van der Waals surface area contributed by atoms with Crippen LogP contribution in [0.3, 0.4) is 0 Å². The maximum absolute atomic E-state index is 2.48. The summed E-state index contributed by atoms with van der Waals surface area (Å²) < 4.78 is 0. The van der Waals surface area contributed by atoms with Gasteiger partial charge in [0.25, 0.3) is 0 Å². The lowest BCUT2D eigenvalue weighted by molar-refractivity contribution is 0.660. The van der Waals surface area contributed by atoms with E-state index in [0.717, 1.165) is 17.1 Å². The van der Waals surface area contributed by atoms with Crippen molar-refractivity contribution in [3.8, 4) is 66.8 Å². The first kappa shape index (κ1) is 37.5. The highest BCUT2D eigenvalue weighted by atomic mass is 15.1. The normalized spacial score (nSPS) is 13.9. The minimum absolute atomic E-state index is 0.102. The molecule has 1 nitrogen and oxygen atoms in total. The monoisotopic (exact) mass is 827 g/mol. The molecule has 0 saturated heterocycles. The summed E-state index contributed by atoms with van der Waals surface area (Å²) in [7, 11) is 0. The number of hydrogen-bond donors (Lipinski definition) is 0. The molecule has 10 aromatic rings. The van der Waals surface area contributed by atoms with Crippen molar-refractivity contribution in [1.29, 1.82) is 0 Å². The van der Waals surface area contributed by atoms with Gasteiger partial charge in [-0.05, 0) is 149 Å². The van der Waals surface area contributed by atoms with Crippen molar-refractivity contribution >= 4 is 17.1 Å². The lowest BCUT2D eigenvalue weighted by Gasteiger charge is -2.30. The average Bonchev–Trinajstić information content (AvgIpc) is 3.93. The first-order chi connectivity index (χ1) is 32.0. The minimum Gasteiger partial charge on any atom is -0.310 e. The van der Waals surface area contributed by atoms with Crippen LogP contribution in [0, 0.1) is 0 Å². The molecule has 0 saturated carbocycles. The van der Waals surface area contributed by atoms with Crippen LogP contribution in [0.15, 0.2) is 237 Å². The van der Waals surface area contributed by atoms with Crippen LogP contribution in [0.1, 0.15) is 47.2 Å². The van der Waals surface area contributed by atoms with Gasteiger partial charge in [0, 0.05) is 22.5 Å². The van der Waals surface area contributed by atoms with E-state index < -0.39 is 0 Å². The van der Waals surface area contributed by atoms with E-state index in [4.69, 9.17) is 0 Å². The highest BCUT2D eigenvalue weighted by molar-refractivity contribution is 5.96. The van der Waals surface area contributed by atoms with Crippen molar-refractivity contribution in [3.63, 3.8) is 0 Å². The Morgan fingerprint density at radius 2 is 0.615 bits per heavy atom. The van der Waals surface area contributed by atoms with Gasteiger partial charge in [-0.15, -0.1) is 0 Å². The molecule has 0 bridgehead atoms. The molecule has 0 amide bonds. The largest absolute Gasteiger partial charge is 0.310 e. The van der Waals surface area contributed by atoms with Crippen LogP contribution < -0.4 is 4.90 Å². The molecule has 0 fully saturated rings. The molecule has 0 radical (unpaired) electrons. The Morgan fingerprint density at radius 1 is 0.246 bits per heavy atom. The summed E-state index contributed by atoms with van der Waals surface area (Å²) in [5.74, 6) is 0. The molecule has 1 spiro atoms. The van der Waals surface area contributed by atoms with Crippen molar-refractivity contribution in [2.75, 3.05) is 4.90 Å². The summed E-state index contributed by atoms with van der Waals surface area (Å²) in [4.78, 5) is 2.41. The van der Waals surface area contributed by atoms with E-state index in [1.165, 1.54) is 100 Å². The van der Waals surface area contributed by atoms with E-state index in [0.29, 0.717) is 0 Å². The zero-order valence-corrected chi connectivity index (χ0v) is 36.5. The summed E-state index contributed by atoms with van der Waals surface area (Å²) in [6.07, 6.45) is 0. The molecule has 65 heavy (non-hydrogen) atoms. The fourth-order valence-electron chi connectivity index (χ4n) is 11.7. The summed E-state index contributed by atoms with van der Waals surface area (Å²) in [5.41, 5.74) is 26.3. The quantitative estimate of drug-likeness (QED) is 0.161. The Labute approximate surface area is 381 Å². The van der Waals surface area contributed by atoms with Crippen molar-refractivity contribution in [2.45, 2.75) is 24.7 Å². The third kappa shape index (κ3) is 5.52. The molecule has 10 aromatic carbocycles. The van der Waals surface area contributed by atoms with E-state index in [2.05, 4.69) is 255 Å². The SMILES string of the molecule is CC1(C)c2ccccc2-c2ccc(N(c3ccc(-c4ccccc4)cc3)c3ccc(-c4cccc(-c5ccc6c(c5)C5(c7ccccc7-c7ccccc75)c5ccccc5-6)c4)cc3)cc21. The number of anilines is 3. The molecule has 0 heterocycles. The fraction of sp³-hybridized carbons (Fsp3) is 0.0625. The zero-order valence-electron chi connectivity index (χ0n) is 36.5. The lowest BCUT2D eigenvalue weighted by atomic mass is 9.70. The number of rotatable bonds is 6. The maximum atomic E-state index is 2.48. The predicted octanol–water partition coefficient (Wildman–Crippen LogP) is 16.8. The van der Waals surface area contributed by atoms with Gasteiger partial charge < -0.3 is 4.90 Å². The van der Waals surface area contributed by atoms with Gasteiger partial charge in [-0.25, -0.2) is 0 Å². The van der Waals surface area contributed by atoms with Gasteiger partial charge >= 0.3 is 0 Å². The number of benzene rings is 10. The second-order valence-corrected chi connectivity index (χ2v) is 18.4. The van der Waals surface area contributed by atoms with Gasteiger partial charge in [0.1, 0.15) is 0 Å². The first-order valence-corrected chi connectivity index (χ1v) is 22.8. The Hall–Kier alpha value is -8.00. The van der Waals surface area contributed by atoms with Crippen LogP contribution in [0.4, 0.5) is 17.1 Å². The van der Waals surface area contributed by atoms with Crippen LogP contribution in [-0.2, 0) is 10.8 Å². The Balaban J connectivity index is 0.887. The van der Waals surface area contributed by atoms with Gasteiger partial charge in [0.15, 0.2) is 0 Å². The zero-order chi connectivity index (χ0) is 43.3. The first-order valence-electron chi connectivity index (χ1n) is 22.8.